The monoisotopic (exact) mass is 502 g/mol. The highest BCUT2D eigenvalue weighted by Crippen LogP contribution is 2.40. The molecule has 0 aliphatic heterocycles. The predicted octanol–water partition coefficient (Wildman–Crippen LogP) is 4.67. The summed E-state index contributed by atoms with van der Waals surface area (Å²) in [5.41, 5.74) is -1.32. The molecule has 0 bridgehead atoms. The number of sulfonamides is 1. The first kappa shape index (κ1) is 25.6. The van der Waals surface area contributed by atoms with Crippen LogP contribution in [-0.2, 0) is 14.8 Å². The maximum atomic E-state index is 14.0. The van der Waals surface area contributed by atoms with E-state index in [9.17, 15) is 30.8 Å². The molecule has 3 aromatic rings. The van der Waals surface area contributed by atoms with Crippen molar-refractivity contribution in [1.82, 2.24) is 18.8 Å². The molecule has 8 nitrogen and oxygen atoms in total. The average molecular weight is 502 g/mol. The van der Waals surface area contributed by atoms with Gasteiger partial charge in [-0.1, -0.05) is 19.1 Å². The summed E-state index contributed by atoms with van der Waals surface area (Å²) in [6.45, 7) is 5.66. The fraction of sp³-hybridized carbons (Fsp3) is 0.381. The molecule has 0 radical (unpaired) electrons. The molecular weight excluding hydrogens is 480 g/mol. The van der Waals surface area contributed by atoms with Crippen LogP contribution in [0.3, 0.4) is 0 Å². The number of hydrogen-bond donors (Lipinski definition) is 0. The lowest BCUT2D eigenvalue weighted by atomic mass is 10.1. The van der Waals surface area contributed by atoms with Crippen molar-refractivity contribution >= 4 is 27.3 Å². The molecule has 0 spiro atoms. The van der Waals surface area contributed by atoms with Crippen LogP contribution in [-0.4, -0.2) is 51.7 Å². The molecular formula is C21H22F4N4O4S. The van der Waals surface area contributed by atoms with Crippen molar-refractivity contribution in [2.24, 2.45) is 0 Å². The van der Waals surface area contributed by atoms with Crippen LogP contribution in [0.15, 0.2) is 47.8 Å². The van der Waals surface area contributed by atoms with E-state index in [-0.39, 0.29) is 15.5 Å². The SMILES string of the molecule is CCN(C(c1ccc(F)cc1)C(F)(F)F)S(=O)(=O)c1cnc2c(ccn2C(=O)OC(C)(C)C)n1. The van der Waals surface area contributed by atoms with Gasteiger partial charge in [0, 0.05) is 12.7 Å². The molecule has 3 rings (SSSR count). The number of halogens is 4. The van der Waals surface area contributed by atoms with Gasteiger partial charge in [0.2, 0.25) is 0 Å². The van der Waals surface area contributed by atoms with Gasteiger partial charge in [-0.2, -0.15) is 17.5 Å². The number of hydrogen-bond acceptors (Lipinski definition) is 6. The van der Waals surface area contributed by atoms with Crippen molar-refractivity contribution < 1.29 is 35.5 Å². The quantitative estimate of drug-likeness (QED) is 0.471. The van der Waals surface area contributed by atoms with E-state index in [0.717, 1.165) is 35.0 Å². The highest BCUT2D eigenvalue weighted by molar-refractivity contribution is 7.89. The van der Waals surface area contributed by atoms with E-state index >= 15 is 0 Å². The van der Waals surface area contributed by atoms with Crippen molar-refractivity contribution in [3.63, 3.8) is 0 Å². The third-order valence-electron chi connectivity index (χ3n) is 4.63. The zero-order valence-electron chi connectivity index (χ0n) is 18.7. The van der Waals surface area contributed by atoms with Gasteiger partial charge in [0.25, 0.3) is 10.0 Å². The van der Waals surface area contributed by atoms with Gasteiger partial charge in [0.05, 0.1) is 6.20 Å². The van der Waals surface area contributed by atoms with Gasteiger partial charge >= 0.3 is 12.3 Å². The summed E-state index contributed by atoms with van der Waals surface area (Å²) < 4.78 is 88.1. The van der Waals surface area contributed by atoms with Gasteiger partial charge in [-0.3, -0.25) is 0 Å². The maximum absolute atomic E-state index is 14.0. The van der Waals surface area contributed by atoms with E-state index in [1.807, 2.05) is 0 Å². The van der Waals surface area contributed by atoms with Crippen molar-refractivity contribution in [3.8, 4) is 0 Å². The molecule has 0 amide bonds. The van der Waals surface area contributed by atoms with E-state index in [1.165, 1.54) is 19.2 Å². The average Bonchev–Trinajstić information content (AvgIpc) is 3.14. The second-order valence-electron chi connectivity index (χ2n) is 8.29. The Morgan fingerprint density at radius 2 is 1.76 bits per heavy atom. The number of carbonyl (C=O) groups is 1. The summed E-state index contributed by atoms with van der Waals surface area (Å²) in [4.78, 5) is 20.2. The standard InChI is InChI=1S/C21H22F4N4O4S/c1-5-29(17(21(23,24)25)13-6-8-14(22)9-7-13)34(31,32)16-12-26-18-15(27-16)10-11-28(18)19(30)33-20(2,3)4/h6-12,17H,5H2,1-4H3. The molecule has 34 heavy (non-hydrogen) atoms. The molecule has 0 saturated carbocycles. The fourth-order valence-electron chi connectivity index (χ4n) is 3.25. The molecule has 1 atom stereocenters. The molecule has 2 aromatic heterocycles. The van der Waals surface area contributed by atoms with Crippen LogP contribution in [0.1, 0.15) is 39.3 Å². The predicted molar refractivity (Wildman–Crippen MR) is 114 cm³/mol. The highest BCUT2D eigenvalue weighted by atomic mass is 32.2. The topological polar surface area (TPSA) is 94.4 Å². The van der Waals surface area contributed by atoms with E-state index in [0.29, 0.717) is 0 Å². The minimum absolute atomic E-state index is 0.0258. The van der Waals surface area contributed by atoms with Crippen LogP contribution in [0.2, 0.25) is 0 Å². The van der Waals surface area contributed by atoms with Crippen LogP contribution in [0.5, 0.6) is 0 Å². The molecule has 0 fully saturated rings. The third kappa shape index (κ3) is 5.20. The number of carbonyl (C=O) groups excluding carboxylic acids is 1. The second-order valence-corrected chi connectivity index (χ2v) is 10.1. The number of alkyl halides is 3. The Morgan fingerprint density at radius 3 is 2.29 bits per heavy atom. The minimum atomic E-state index is -5.00. The first-order valence-corrected chi connectivity index (χ1v) is 11.5. The van der Waals surface area contributed by atoms with Crippen LogP contribution in [0.4, 0.5) is 22.4 Å². The van der Waals surface area contributed by atoms with Crippen LogP contribution < -0.4 is 0 Å². The normalized spacial score (nSPS) is 13.9. The minimum Gasteiger partial charge on any atom is -0.443 e. The summed E-state index contributed by atoms with van der Waals surface area (Å²) in [6, 6.07) is 2.11. The molecule has 1 unspecified atom stereocenters. The molecule has 13 heteroatoms. The lowest BCUT2D eigenvalue weighted by molar-refractivity contribution is -0.173. The molecule has 2 heterocycles. The number of aromatic nitrogens is 3. The number of rotatable bonds is 5. The van der Waals surface area contributed by atoms with Crippen molar-refractivity contribution in [3.05, 3.63) is 54.1 Å². The Balaban J connectivity index is 2.05. The summed E-state index contributed by atoms with van der Waals surface area (Å²) in [5, 5.41) is -0.736. The number of fused-ring (bicyclic) bond motifs is 1. The highest BCUT2D eigenvalue weighted by Gasteiger charge is 2.49. The largest absolute Gasteiger partial charge is 0.443 e. The Kier molecular flexibility index (Phi) is 6.73. The van der Waals surface area contributed by atoms with Crippen molar-refractivity contribution in [2.45, 2.75) is 50.5 Å². The molecule has 184 valence electrons. The molecule has 0 aliphatic rings. The number of ether oxygens (including phenoxy) is 1. The Hall–Kier alpha value is -3.06. The van der Waals surface area contributed by atoms with E-state index < -0.39 is 56.9 Å². The number of nitrogens with zero attached hydrogens (tertiary/aromatic N) is 4. The van der Waals surface area contributed by atoms with Crippen LogP contribution in [0, 0.1) is 5.82 Å². The molecule has 1 aromatic carbocycles. The maximum Gasteiger partial charge on any atom is 0.420 e. The summed E-state index contributed by atoms with van der Waals surface area (Å²) in [6.07, 6.45) is -3.74. The summed E-state index contributed by atoms with van der Waals surface area (Å²) >= 11 is 0. The first-order valence-electron chi connectivity index (χ1n) is 10.1. The van der Waals surface area contributed by atoms with Gasteiger partial charge in [-0.25, -0.2) is 32.1 Å². The molecule has 0 saturated heterocycles. The zero-order chi connectivity index (χ0) is 25.5. The lowest BCUT2D eigenvalue weighted by Crippen LogP contribution is -2.42. The van der Waals surface area contributed by atoms with Crippen molar-refractivity contribution in [1.29, 1.82) is 0 Å². The Morgan fingerprint density at radius 1 is 1.15 bits per heavy atom. The third-order valence-corrected chi connectivity index (χ3v) is 6.44. The smallest absolute Gasteiger partial charge is 0.420 e. The van der Waals surface area contributed by atoms with Gasteiger partial charge in [-0.05, 0) is 44.5 Å². The molecule has 0 N–H and O–H groups in total. The van der Waals surface area contributed by atoms with Crippen LogP contribution >= 0.6 is 0 Å². The van der Waals surface area contributed by atoms with Gasteiger partial charge in [0.15, 0.2) is 10.7 Å². The summed E-state index contributed by atoms with van der Waals surface area (Å²) in [5.74, 6) is -0.763. The first-order chi connectivity index (χ1) is 15.6. The van der Waals surface area contributed by atoms with E-state index in [2.05, 4.69) is 9.97 Å². The molecule has 0 aliphatic carbocycles. The Bertz CT molecular complexity index is 1300. The lowest BCUT2D eigenvalue weighted by Gasteiger charge is -2.31. The van der Waals surface area contributed by atoms with Crippen LogP contribution in [0.25, 0.3) is 11.2 Å². The summed E-state index contributed by atoms with van der Waals surface area (Å²) in [7, 11) is -4.80. The van der Waals surface area contributed by atoms with E-state index in [4.69, 9.17) is 4.74 Å². The van der Waals surface area contributed by atoms with Gasteiger partial charge < -0.3 is 4.74 Å². The van der Waals surface area contributed by atoms with E-state index in [1.54, 1.807) is 20.8 Å². The fourth-order valence-corrected chi connectivity index (χ4v) is 4.75. The Labute approximate surface area is 193 Å². The second kappa shape index (κ2) is 8.95. The zero-order valence-corrected chi connectivity index (χ0v) is 19.5. The van der Waals surface area contributed by atoms with Crippen molar-refractivity contribution in [2.75, 3.05) is 6.54 Å². The van der Waals surface area contributed by atoms with Gasteiger partial charge in [-0.15, -0.1) is 0 Å². The van der Waals surface area contributed by atoms with Gasteiger partial charge in [0.1, 0.15) is 23.0 Å². The number of benzene rings is 1.